The van der Waals surface area contributed by atoms with E-state index in [-0.39, 0.29) is 12.0 Å². The van der Waals surface area contributed by atoms with E-state index in [2.05, 4.69) is 10.1 Å². The smallest absolute Gasteiger partial charge is 0.273 e. The number of thiazole rings is 1. The highest BCUT2D eigenvalue weighted by molar-refractivity contribution is 7.22. The Morgan fingerprint density at radius 2 is 2.14 bits per heavy atom. The predicted octanol–water partition coefficient (Wildman–Crippen LogP) is 4.72. The summed E-state index contributed by atoms with van der Waals surface area (Å²) in [5, 5.41) is 4.81. The Morgan fingerprint density at radius 1 is 1.24 bits per heavy atom. The van der Waals surface area contributed by atoms with Crippen molar-refractivity contribution in [2.24, 2.45) is 5.16 Å². The van der Waals surface area contributed by atoms with Crippen molar-refractivity contribution in [2.75, 3.05) is 18.1 Å². The molecular formula is C20H18ClN3O3S2. The number of hydrogen-bond donors (Lipinski definition) is 0. The number of para-hydroxylation sites is 1. The van der Waals surface area contributed by atoms with E-state index < -0.39 is 6.10 Å². The summed E-state index contributed by atoms with van der Waals surface area (Å²) < 4.78 is 7.52. The second kappa shape index (κ2) is 8.02. The van der Waals surface area contributed by atoms with Gasteiger partial charge in [0.25, 0.3) is 5.91 Å². The molecule has 2 unspecified atom stereocenters. The van der Waals surface area contributed by atoms with Crippen molar-refractivity contribution in [2.45, 2.75) is 31.5 Å². The van der Waals surface area contributed by atoms with Gasteiger partial charge in [0.2, 0.25) is 6.10 Å². The number of anilines is 1. The van der Waals surface area contributed by atoms with E-state index in [4.69, 9.17) is 21.2 Å². The minimum atomic E-state index is -0.667. The van der Waals surface area contributed by atoms with Crippen LogP contribution in [0.2, 0.25) is 4.34 Å². The third kappa shape index (κ3) is 3.90. The monoisotopic (exact) mass is 447 g/mol. The molecule has 0 spiro atoms. The van der Waals surface area contributed by atoms with E-state index in [1.54, 1.807) is 4.90 Å². The summed E-state index contributed by atoms with van der Waals surface area (Å²) in [6, 6.07) is 11.6. The minimum absolute atomic E-state index is 0.0175. The largest absolute Gasteiger partial charge is 0.382 e. The molecule has 2 aliphatic rings. The Bertz CT molecular complexity index is 1040. The van der Waals surface area contributed by atoms with Gasteiger partial charge in [0, 0.05) is 13.0 Å². The second-order valence-corrected chi connectivity index (χ2v) is 9.71. The summed E-state index contributed by atoms with van der Waals surface area (Å²) in [5.41, 5.74) is 1.64. The molecular weight excluding hydrogens is 430 g/mol. The average Bonchev–Trinajstić information content (AvgIpc) is 3.51. The van der Waals surface area contributed by atoms with Crippen LogP contribution >= 0.6 is 34.3 Å². The van der Waals surface area contributed by atoms with Crippen molar-refractivity contribution < 1.29 is 14.4 Å². The summed E-state index contributed by atoms with van der Waals surface area (Å²) in [5.74, 6) is -0.138. The second-order valence-electron chi connectivity index (χ2n) is 6.99. The standard InChI is InChI=1S/C20H18ClN3O3S2/c21-18-8-7-17(28-18)14-10-15(27-23-14)19(25)24(11-12-4-3-9-26-12)20-22-13-5-1-2-6-16(13)29-20/h1-2,5-8,12,15H,3-4,9-11H2. The molecule has 2 aliphatic heterocycles. The first kappa shape index (κ1) is 19.0. The molecule has 1 aromatic carbocycles. The van der Waals surface area contributed by atoms with Crippen LogP contribution in [0.5, 0.6) is 0 Å². The number of amides is 1. The van der Waals surface area contributed by atoms with Crippen LogP contribution in [0.3, 0.4) is 0 Å². The van der Waals surface area contributed by atoms with Crippen LogP contribution < -0.4 is 4.90 Å². The van der Waals surface area contributed by atoms with Gasteiger partial charge < -0.3 is 9.57 Å². The number of rotatable bonds is 5. The van der Waals surface area contributed by atoms with E-state index in [0.717, 1.165) is 40.3 Å². The molecule has 4 heterocycles. The highest BCUT2D eigenvalue weighted by Crippen LogP contribution is 2.32. The first-order valence-electron chi connectivity index (χ1n) is 9.44. The SMILES string of the molecule is O=C(C1CC(c2ccc(Cl)s2)=NO1)N(CC1CCCO1)c1nc2ccccc2s1. The molecule has 150 valence electrons. The number of carbonyl (C=O) groups excluding carboxylic acids is 1. The van der Waals surface area contributed by atoms with E-state index in [1.807, 2.05) is 36.4 Å². The summed E-state index contributed by atoms with van der Waals surface area (Å²) in [7, 11) is 0. The Morgan fingerprint density at radius 3 is 2.90 bits per heavy atom. The van der Waals surface area contributed by atoms with Crippen LogP contribution in [0, 0.1) is 0 Å². The zero-order valence-corrected chi connectivity index (χ0v) is 17.8. The van der Waals surface area contributed by atoms with Gasteiger partial charge in [-0.25, -0.2) is 4.98 Å². The van der Waals surface area contributed by atoms with Gasteiger partial charge in [-0.2, -0.15) is 0 Å². The van der Waals surface area contributed by atoms with Crippen LogP contribution in [-0.4, -0.2) is 42.0 Å². The quantitative estimate of drug-likeness (QED) is 0.567. The Labute approximate surface area is 180 Å². The Hall–Kier alpha value is -2.00. The third-order valence-electron chi connectivity index (χ3n) is 4.99. The molecule has 5 rings (SSSR count). The molecule has 29 heavy (non-hydrogen) atoms. The predicted molar refractivity (Wildman–Crippen MR) is 116 cm³/mol. The summed E-state index contributed by atoms with van der Waals surface area (Å²) >= 11 is 8.97. The molecule has 2 aromatic heterocycles. The van der Waals surface area contributed by atoms with Crippen molar-refractivity contribution in [3.05, 3.63) is 45.6 Å². The number of aromatic nitrogens is 1. The first-order chi connectivity index (χ1) is 14.2. The van der Waals surface area contributed by atoms with Crippen molar-refractivity contribution in [3.63, 3.8) is 0 Å². The molecule has 0 bridgehead atoms. The lowest BCUT2D eigenvalue weighted by atomic mass is 10.1. The number of oxime groups is 1. The normalized spacial score (nSPS) is 21.3. The van der Waals surface area contributed by atoms with Crippen LogP contribution in [-0.2, 0) is 14.4 Å². The Kier molecular flexibility index (Phi) is 5.26. The molecule has 1 saturated heterocycles. The molecule has 6 nitrogen and oxygen atoms in total. The van der Waals surface area contributed by atoms with Gasteiger partial charge in [-0.15, -0.1) is 11.3 Å². The topological polar surface area (TPSA) is 64.0 Å². The molecule has 1 amide bonds. The maximum Gasteiger partial charge on any atom is 0.273 e. The lowest BCUT2D eigenvalue weighted by Crippen LogP contribution is -2.43. The van der Waals surface area contributed by atoms with Crippen LogP contribution in [0.1, 0.15) is 24.1 Å². The average molecular weight is 448 g/mol. The summed E-state index contributed by atoms with van der Waals surface area (Å²) in [4.78, 5) is 26.3. The van der Waals surface area contributed by atoms with Crippen LogP contribution in [0.25, 0.3) is 10.2 Å². The maximum absolute atomic E-state index is 13.4. The van der Waals surface area contributed by atoms with Gasteiger partial charge in [-0.05, 0) is 37.1 Å². The van der Waals surface area contributed by atoms with Gasteiger partial charge in [-0.1, -0.05) is 40.2 Å². The molecule has 9 heteroatoms. The fourth-order valence-corrected chi connectivity index (χ4v) is 5.54. The molecule has 0 saturated carbocycles. The fraction of sp³-hybridized carbons (Fsp3) is 0.350. The number of nitrogens with zero attached hydrogens (tertiary/aromatic N) is 3. The lowest BCUT2D eigenvalue weighted by Gasteiger charge is -2.24. The minimum Gasteiger partial charge on any atom is -0.382 e. The van der Waals surface area contributed by atoms with Gasteiger partial charge in [-0.3, -0.25) is 9.69 Å². The van der Waals surface area contributed by atoms with E-state index in [1.165, 1.54) is 22.7 Å². The number of hydrogen-bond acceptors (Lipinski definition) is 7. The zero-order valence-electron chi connectivity index (χ0n) is 15.4. The number of carbonyl (C=O) groups is 1. The van der Waals surface area contributed by atoms with Crippen molar-refractivity contribution in [1.29, 1.82) is 0 Å². The maximum atomic E-state index is 13.4. The van der Waals surface area contributed by atoms with Gasteiger partial charge in [0.15, 0.2) is 5.13 Å². The highest BCUT2D eigenvalue weighted by Gasteiger charge is 2.36. The first-order valence-corrected chi connectivity index (χ1v) is 11.5. The molecule has 0 aliphatic carbocycles. The van der Waals surface area contributed by atoms with E-state index >= 15 is 0 Å². The van der Waals surface area contributed by atoms with E-state index in [9.17, 15) is 4.79 Å². The highest BCUT2D eigenvalue weighted by atomic mass is 35.5. The van der Waals surface area contributed by atoms with Crippen molar-refractivity contribution in [1.82, 2.24) is 4.98 Å². The van der Waals surface area contributed by atoms with Crippen molar-refractivity contribution >= 4 is 61.2 Å². The summed E-state index contributed by atoms with van der Waals surface area (Å²) in [6.07, 6.45) is 1.72. The van der Waals surface area contributed by atoms with Gasteiger partial charge in [0.05, 0.1) is 32.1 Å². The fourth-order valence-electron chi connectivity index (χ4n) is 3.53. The van der Waals surface area contributed by atoms with Gasteiger partial charge in [0.1, 0.15) is 5.71 Å². The van der Waals surface area contributed by atoms with Crippen LogP contribution in [0.15, 0.2) is 41.6 Å². The molecule has 0 N–H and O–H groups in total. The van der Waals surface area contributed by atoms with Crippen LogP contribution in [0.4, 0.5) is 5.13 Å². The number of benzene rings is 1. The molecule has 0 radical (unpaired) electrons. The number of ether oxygens (including phenoxy) is 1. The molecule has 1 fully saturated rings. The lowest BCUT2D eigenvalue weighted by molar-refractivity contribution is -0.128. The zero-order chi connectivity index (χ0) is 19.8. The molecule has 2 atom stereocenters. The van der Waals surface area contributed by atoms with Gasteiger partial charge >= 0.3 is 0 Å². The number of halogens is 1. The van der Waals surface area contributed by atoms with Crippen molar-refractivity contribution in [3.8, 4) is 0 Å². The number of thiophene rings is 1. The summed E-state index contributed by atoms with van der Waals surface area (Å²) in [6.45, 7) is 1.21. The Balaban J connectivity index is 1.39. The number of fused-ring (bicyclic) bond motifs is 1. The third-order valence-corrected chi connectivity index (χ3v) is 7.33. The van der Waals surface area contributed by atoms with E-state index in [0.29, 0.717) is 22.4 Å². The molecule has 3 aromatic rings.